The van der Waals surface area contributed by atoms with Crippen molar-refractivity contribution < 1.29 is 4.42 Å². The number of hydrogen-bond donors (Lipinski definition) is 0. The second kappa shape index (κ2) is 5.81. The van der Waals surface area contributed by atoms with Crippen LogP contribution in [0.2, 0.25) is 0 Å². The third kappa shape index (κ3) is 2.72. The standard InChI is InChI=1S/C18H12N4O/c1-2-5-13(6-3-1)9-10-16-22-17-14(7-4-8-15(17)23-16)18-20-11-19-12-21-18/h1-12H. The highest BCUT2D eigenvalue weighted by Gasteiger charge is 2.11. The maximum absolute atomic E-state index is 5.78. The van der Waals surface area contributed by atoms with Gasteiger partial charge in [-0.25, -0.2) is 19.9 Å². The lowest BCUT2D eigenvalue weighted by atomic mass is 10.2. The molecule has 0 unspecified atom stereocenters. The summed E-state index contributed by atoms with van der Waals surface area (Å²) in [7, 11) is 0. The Morgan fingerprint density at radius 3 is 2.48 bits per heavy atom. The Kier molecular flexibility index (Phi) is 3.37. The number of benzene rings is 2. The first-order valence-electron chi connectivity index (χ1n) is 7.15. The first-order chi connectivity index (χ1) is 11.4. The van der Waals surface area contributed by atoms with Crippen molar-refractivity contribution in [2.75, 3.05) is 0 Å². The van der Waals surface area contributed by atoms with Crippen LogP contribution in [0.3, 0.4) is 0 Å². The average Bonchev–Trinajstić information content (AvgIpc) is 3.04. The van der Waals surface area contributed by atoms with E-state index in [4.69, 9.17) is 4.42 Å². The Morgan fingerprint density at radius 1 is 0.826 bits per heavy atom. The molecule has 5 nitrogen and oxygen atoms in total. The summed E-state index contributed by atoms with van der Waals surface area (Å²) in [6.45, 7) is 0. The molecule has 4 aromatic rings. The maximum Gasteiger partial charge on any atom is 0.220 e. The van der Waals surface area contributed by atoms with Gasteiger partial charge in [-0.3, -0.25) is 0 Å². The summed E-state index contributed by atoms with van der Waals surface area (Å²) >= 11 is 0. The predicted molar refractivity (Wildman–Crippen MR) is 88.2 cm³/mol. The zero-order chi connectivity index (χ0) is 15.5. The van der Waals surface area contributed by atoms with Gasteiger partial charge in [0.05, 0.1) is 0 Å². The van der Waals surface area contributed by atoms with Gasteiger partial charge in [0.15, 0.2) is 11.4 Å². The van der Waals surface area contributed by atoms with Crippen LogP contribution >= 0.6 is 0 Å². The van der Waals surface area contributed by atoms with E-state index in [0.717, 1.165) is 16.6 Å². The van der Waals surface area contributed by atoms with Gasteiger partial charge in [-0.1, -0.05) is 36.4 Å². The minimum absolute atomic E-state index is 0.547. The summed E-state index contributed by atoms with van der Waals surface area (Å²) in [5.41, 5.74) is 3.36. The van der Waals surface area contributed by atoms with Gasteiger partial charge < -0.3 is 4.42 Å². The highest BCUT2D eigenvalue weighted by molar-refractivity contribution is 5.89. The third-order valence-electron chi connectivity index (χ3n) is 3.39. The Labute approximate surface area is 132 Å². The van der Waals surface area contributed by atoms with E-state index < -0.39 is 0 Å². The molecule has 0 aliphatic carbocycles. The molecule has 0 saturated carbocycles. The molecule has 2 heterocycles. The van der Waals surface area contributed by atoms with Crippen molar-refractivity contribution in [2.24, 2.45) is 0 Å². The van der Waals surface area contributed by atoms with Gasteiger partial charge >= 0.3 is 0 Å². The smallest absolute Gasteiger partial charge is 0.220 e. The van der Waals surface area contributed by atoms with Crippen molar-refractivity contribution in [2.45, 2.75) is 0 Å². The molecule has 0 atom stereocenters. The van der Waals surface area contributed by atoms with Crippen molar-refractivity contribution in [1.29, 1.82) is 0 Å². The normalized spacial score (nSPS) is 11.3. The zero-order valence-electron chi connectivity index (χ0n) is 12.1. The molecule has 23 heavy (non-hydrogen) atoms. The highest BCUT2D eigenvalue weighted by Crippen LogP contribution is 2.26. The molecule has 0 radical (unpaired) electrons. The lowest BCUT2D eigenvalue weighted by Crippen LogP contribution is -1.89. The number of fused-ring (bicyclic) bond motifs is 1. The molecule has 0 aliphatic heterocycles. The predicted octanol–water partition coefficient (Wildman–Crippen LogP) is 3.85. The number of aromatic nitrogens is 4. The minimum atomic E-state index is 0.547. The fourth-order valence-electron chi connectivity index (χ4n) is 2.33. The first kappa shape index (κ1) is 13.3. The molecule has 0 N–H and O–H groups in total. The number of oxazole rings is 1. The van der Waals surface area contributed by atoms with Gasteiger partial charge in [0.1, 0.15) is 18.2 Å². The third-order valence-corrected chi connectivity index (χ3v) is 3.39. The van der Waals surface area contributed by atoms with Crippen LogP contribution in [0.1, 0.15) is 11.5 Å². The molecular weight excluding hydrogens is 288 g/mol. The van der Waals surface area contributed by atoms with E-state index in [0.29, 0.717) is 17.3 Å². The first-order valence-corrected chi connectivity index (χ1v) is 7.15. The van der Waals surface area contributed by atoms with Crippen LogP contribution in [0.15, 0.2) is 65.6 Å². The summed E-state index contributed by atoms with van der Waals surface area (Å²) in [6, 6.07) is 15.7. The van der Waals surface area contributed by atoms with Gasteiger partial charge in [0.25, 0.3) is 0 Å². The van der Waals surface area contributed by atoms with Crippen LogP contribution in [0.5, 0.6) is 0 Å². The largest absolute Gasteiger partial charge is 0.437 e. The lowest BCUT2D eigenvalue weighted by Gasteiger charge is -1.97. The van der Waals surface area contributed by atoms with Crippen LogP contribution in [0.25, 0.3) is 34.6 Å². The van der Waals surface area contributed by atoms with Gasteiger partial charge in [-0.2, -0.15) is 0 Å². The molecule has 5 heteroatoms. The molecule has 0 spiro atoms. The highest BCUT2D eigenvalue weighted by atomic mass is 16.3. The molecule has 2 aromatic carbocycles. The van der Waals surface area contributed by atoms with Crippen molar-refractivity contribution in [3.63, 3.8) is 0 Å². The minimum Gasteiger partial charge on any atom is -0.437 e. The van der Waals surface area contributed by atoms with Gasteiger partial charge in [-0.05, 0) is 23.8 Å². The Bertz CT molecular complexity index is 962. The van der Waals surface area contributed by atoms with Crippen LogP contribution in [-0.4, -0.2) is 19.9 Å². The molecule has 110 valence electrons. The van der Waals surface area contributed by atoms with Crippen molar-refractivity contribution in [1.82, 2.24) is 19.9 Å². The Balaban J connectivity index is 1.75. The molecule has 0 fully saturated rings. The van der Waals surface area contributed by atoms with Crippen molar-refractivity contribution in [3.8, 4) is 11.4 Å². The van der Waals surface area contributed by atoms with Crippen LogP contribution in [0.4, 0.5) is 0 Å². The van der Waals surface area contributed by atoms with E-state index in [1.807, 2.05) is 60.7 Å². The number of hydrogen-bond acceptors (Lipinski definition) is 5. The second-order valence-electron chi connectivity index (χ2n) is 4.91. The van der Waals surface area contributed by atoms with Crippen LogP contribution in [-0.2, 0) is 0 Å². The summed E-state index contributed by atoms with van der Waals surface area (Å²) in [5.74, 6) is 1.13. The molecule has 0 amide bonds. The van der Waals surface area contributed by atoms with Crippen molar-refractivity contribution in [3.05, 3.63) is 72.6 Å². The van der Waals surface area contributed by atoms with E-state index in [2.05, 4.69) is 19.9 Å². The monoisotopic (exact) mass is 300 g/mol. The number of nitrogens with zero attached hydrogens (tertiary/aromatic N) is 4. The van der Waals surface area contributed by atoms with Gasteiger partial charge in [0.2, 0.25) is 5.89 Å². The van der Waals surface area contributed by atoms with E-state index in [1.165, 1.54) is 12.7 Å². The van der Waals surface area contributed by atoms with Crippen molar-refractivity contribution >= 4 is 23.3 Å². The quantitative estimate of drug-likeness (QED) is 0.575. The zero-order valence-corrected chi connectivity index (χ0v) is 12.1. The topological polar surface area (TPSA) is 64.7 Å². The second-order valence-corrected chi connectivity index (χ2v) is 4.91. The summed E-state index contributed by atoms with van der Waals surface area (Å²) in [5, 5.41) is 0. The van der Waals surface area contributed by atoms with Crippen LogP contribution < -0.4 is 0 Å². The fraction of sp³-hybridized carbons (Fsp3) is 0. The van der Waals surface area contributed by atoms with E-state index >= 15 is 0 Å². The number of rotatable bonds is 3. The Morgan fingerprint density at radius 2 is 1.65 bits per heavy atom. The van der Waals surface area contributed by atoms with Gasteiger partial charge in [-0.15, -0.1) is 0 Å². The molecule has 0 saturated heterocycles. The number of para-hydroxylation sites is 1. The van der Waals surface area contributed by atoms with Gasteiger partial charge in [0, 0.05) is 11.6 Å². The summed E-state index contributed by atoms with van der Waals surface area (Å²) in [4.78, 5) is 16.8. The van der Waals surface area contributed by atoms with E-state index in [-0.39, 0.29) is 0 Å². The van der Waals surface area contributed by atoms with E-state index in [1.54, 1.807) is 0 Å². The molecule has 4 rings (SSSR count). The maximum atomic E-state index is 5.78. The summed E-state index contributed by atoms with van der Waals surface area (Å²) < 4.78 is 5.78. The molecule has 2 aromatic heterocycles. The Hall–Kier alpha value is -3.34. The van der Waals surface area contributed by atoms with Crippen LogP contribution in [0, 0.1) is 0 Å². The molecule has 0 bridgehead atoms. The SMILES string of the molecule is C(=Cc1nc2c(-c3ncncn3)cccc2o1)c1ccccc1. The fourth-order valence-corrected chi connectivity index (χ4v) is 2.33. The lowest BCUT2D eigenvalue weighted by molar-refractivity contribution is 0.590. The molecular formula is C18H12N4O. The van der Waals surface area contributed by atoms with E-state index in [9.17, 15) is 0 Å². The average molecular weight is 300 g/mol. The summed E-state index contributed by atoms with van der Waals surface area (Å²) in [6.07, 6.45) is 6.76. The molecule has 0 aliphatic rings.